The molecule has 0 fully saturated rings. The molecule has 3 N–H and O–H groups in total. The summed E-state index contributed by atoms with van der Waals surface area (Å²) in [7, 11) is -3.66. The highest BCUT2D eigenvalue weighted by molar-refractivity contribution is 7.90. The Morgan fingerprint density at radius 1 is 1.43 bits per heavy atom. The van der Waals surface area contributed by atoms with Crippen LogP contribution in [0.15, 0.2) is 23.1 Å². The number of nitrogens with zero attached hydrogens (tertiary/aromatic N) is 1. The van der Waals surface area contributed by atoms with Crippen molar-refractivity contribution < 1.29 is 18.1 Å². The lowest BCUT2D eigenvalue weighted by Crippen LogP contribution is -2.37. The van der Waals surface area contributed by atoms with Crippen molar-refractivity contribution >= 4 is 33.8 Å². The maximum absolute atomic E-state index is 11.9. The Balaban J connectivity index is 0.00000400. The first-order valence-corrected chi connectivity index (χ1v) is 7.54. The third kappa shape index (κ3) is 5.29. The van der Waals surface area contributed by atoms with Crippen molar-refractivity contribution in [2.45, 2.75) is 17.9 Å². The van der Waals surface area contributed by atoms with E-state index in [-0.39, 0.29) is 35.5 Å². The molecule has 1 aromatic rings. The van der Waals surface area contributed by atoms with Gasteiger partial charge in [0.2, 0.25) is 0 Å². The van der Waals surface area contributed by atoms with Crippen molar-refractivity contribution in [1.29, 1.82) is 0 Å². The summed E-state index contributed by atoms with van der Waals surface area (Å²) in [5.74, 6) is -0.614. The second kappa shape index (κ2) is 7.34. The summed E-state index contributed by atoms with van der Waals surface area (Å²) >= 11 is 0. The molecule has 0 aliphatic carbocycles. The Hall–Kier alpha value is -1.71. The minimum atomic E-state index is -3.66. The highest BCUT2D eigenvalue weighted by atomic mass is 35.5. The van der Waals surface area contributed by atoms with Crippen LogP contribution in [0.4, 0.5) is 5.69 Å². The van der Waals surface area contributed by atoms with Crippen LogP contribution in [0.3, 0.4) is 0 Å². The van der Waals surface area contributed by atoms with Crippen molar-refractivity contribution in [2.75, 3.05) is 12.8 Å². The van der Waals surface area contributed by atoms with Crippen molar-refractivity contribution in [3.63, 3.8) is 0 Å². The molecule has 0 saturated heterocycles. The van der Waals surface area contributed by atoms with Crippen LogP contribution in [0.5, 0.6) is 0 Å². The lowest BCUT2D eigenvalue weighted by Gasteiger charge is -2.11. The van der Waals surface area contributed by atoms with Gasteiger partial charge < -0.3 is 11.1 Å². The summed E-state index contributed by atoms with van der Waals surface area (Å²) in [6.07, 6.45) is 0.913. The number of hydrogen-bond acceptors (Lipinski definition) is 6. The van der Waals surface area contributed by atoms with E-state index in [1.165, 1.54) is 0 Å². The zero-order chi connectivity index (χ0) is 15.5. The fourth-order valence-corrected chi connectivity index (χ4v) is 2.08. The molecule has 0 aromatic heterocycles. The minimum absolute atomic E-state index is 0. The van der Waals surface area contributed by atoms with E-state index in [9.17, 15) is 23.3 Å². The normalized spacial score (nSPS) is 12.1. The number of halogens is 1. The molecule has 0 spiro atoms. The Morgan fingerprint density at radius 3 is 2.43 bits per heavy atom. The average Bonchev–Trinajstić information content (AvgIpc) is 2.36. The minimum Gasteiger partial charge on any atom is -0.348 e. The second-order valence-electron chi connectivity index (χ2n) is 4.36. The number of hydrogen-bond donors (Lipinski definition) is 2. The van der Waals surface area contributed by atoms with E-state index >= 15 is 0 Å². The maximum atomic E-state index is 11.9. The molecule has 21 heavy (non-hydrogen) atoms. The van der Waals surface area contributed by atoms with E-state index in [2.05, 4.69) is 5.32 Å². The number of carbonyl (C=O) groups excluding carboxylic acids is 1. The van der Waals surface area contributed by atoms with Gasteiger partial charge in [0.05, 0.1) is 9.82 Å². The summed E-state index contributed by atoms with van der Waals surface area (Å²) < 4.78 is 23.0. The van der Waals surface area contributed by atoms with Gasteiger partial charge in [-0.2, -0.15) is 0 Å². The highest BCUT2D eigenvalue weighted by Crippen LogP contribution is 2.21. The van der Waals surface area contributed by atoms with Crippen LogP contribution >= 0.6 is 12.4 Å². The predicted octanol–water partition coefficient (Wildman–Crippen LogP) is 0.497. The average molecular weight is 338 g/mol. The number of rotatable bonds is 5. The molecule has 0 heterocycles. The number of nitrogens with one attached hydrogen (secondary N) is 1. The third-order valence-electron chi connectivity index (χ3n) is 2.52. The fraction of sp³-hybridized carbons (Fsp3) is 0.364. The maximum Gasteiger partial charge on any atom is 0.271 e. The van der Waals surface area contributed by atoms with Gasteiger partial charge in [-0.3, -0.25) is 14.9 Å². The molecule has 118 valence electrons. The number of carbonyl (C=O) groups is 1. The van der Waals surface area contributed by atoms with E-state index in [0.717, 1.165) is 24.5 Å². The molecular formula is C11H16ClN3O5S. The van der Waals surface area contributed by atoms with E-state index < -0.39 is 26.4 Å². The van der Waals surface area contributed by atoms with E-state index in [1.54, 1.807) is 6.92 Å². The van der Waals surface area contributed by atoms with Gasteiger partial charge in [-0.05, 0) is 13.0 Å². The molecule has 1 amide bonds. The van der Waals surface area contributed by atoms with Gasteiger partial charge in [-0.1, -0.05) is 0 Å². The Bertz CT molecular complexity index is 647. The summed E-state index contributed by atoms with van der Waals surface area (Å²) in [5.41, 5.74) is 4.80. The summed E-state index contributed by atoms with van der Waals surface area (Å²) in [4.78, 5) is 21.6. The molecule has 1 rings (SSSR count). The van der Waals surface area contributed by atoms with Crippen LogP contribution in [0.25, 0.3) is 0 Å². The lowest BCUT2D eigenvalue weighted by molar-refractivity contribution is -0.385. The number of nitro groups is 1. The van der Waals surface area contributed by atoms with Crippen LogP contribution in [-0.2, 0) is 9.84 Å². The summed E-state index contributed by atoms with van der Waals surface area (Å²) in [5, 5.41) is 13.3. The van der Waals surface area contributed by atoms with Crippen LogP contribution in [0, 0.1) is 10.1 Å². The second-order valence-corrected chi connectivity index (χ2v) is 6.37. The Kier molecular flexibility index (Phi) is 6.74. The van der Waals surface area contributed by atoms with Crippen LogP contribution < -0.4 is 11.1 Å². The van der Waals surface area contributed by atoms with Crippen LogP contribution in [0.1, 0.15) is 17.3 Å². The molecule has 1 atom stereocenters. The number of nitro benzene ring substituents is 1. The molecule has 0 bridgehead atoms. The van der Waals surface area contributed by atoms with E-state index in [1.807, 2.05) is 0 Å². The van der Waals surface area contributed by atoms with Gasteiger partial charge in [0, 0.05) is 36.5 Å². The van der Waals surface area contributed by atoms with Gasteiger partial charge in [-0.15, -0.1) is 12.4 Å². The van der Waals surface area contributed by atoms with Gasteiger partial charge >= 0.3 is 0 Å². The smallest absolute Gasteiger partial charge is 0.271 e. The predicted molar refractivity (Wildman–Crippen MR) is 79.4 cm³/mol. The Morgan fingerprint density at radius 2 is 2.00 bits per heavy atom. The van der Waals surface area contributed by atoms with Crippen molar-refractivity contribution in [3.8, 4) is 0 Å². The first-order valence-electron chi connectivity index (χ1n) is 5.65. The fourth-order valence-electron chi connectivity index (χ4n) is 1.40. The monoisotopic (exact) mass is 337 g/mol. The van der Waals surface area contributed by atoms with Crippen LogP contribution in [-0.4, -0.2) is 38.1 Å². The van der Waals surface area contributed by atoms with Crippen molar-refractivity contribution in [1.82, 2.24) is 5.32 Å². The van der Waals surface area contributed by atoms with E-state index in [0.29, 0.717) is 0 Å². The zero-order valence-corrected chi connectivity index (χ0v) is 13.0. The van der Waals surface area contributed by atoms with E-state index in [4.69, 9.17) is 5.73 Å². The number of benzene rings is 1. The highest BCUT2D eigenvalue weighted by Gasteiger charge is 2.19. The molecule has 0 aliphatic rings. The molecule has 10 heteroatoms. The molecule has 8 nitrogen and oxygen atoms in total. The SMILES string of the molecule is C[C@@H](CN)NC(=O)c1cc([N+](=O)[O-])cc(S(C)(=O)=O)c1.Cl. The third-order valence-corrected chi connectivity index (χ3v) is 3.62. The molecule has 0 unspecified atom stereocenters. The summed E-state index contributed by atoms with van der Waals surface area (Å²) in [6.45, 7) is 1.85. The van der Waals surface area contributed by atoms with Gasteiger partial charge in [0.15, 0.2) is 9.84 Å². The standard InChI is InChI=1S/C11H15N3O5S.ClH/c1-7(6-12)13-11(15)8-3-9(14(16)17)5-10(4-8)20(2,18)19;/h3-5,7H,6,12H2,1-2H3,(H,13,15);1H/t7-;/m0./s1. The van der Waals surface area contributed by atoms with Crippen molar-refractivity contribution in [2.24, 2.45) is 5.73 Å². The topological polar surface area (TPSA) is 132 Å². The molecule has 1 aromatic carbocycles. The number of amides is 1. The van der Waals surface area contributed by atoms with Crippen LogP contribution in [0.2, 0.25) is 0 Å². The number of non-ortho nitro benzene ring substituents is 1. The summed E-state index contributed by atoms with van der Waals surface area (Å²) in [6, 6.07) is 2.70. The quantitative estimate of drug-likeness (QED) is 0.593. The van der Waals surface area contributed by atoms with Gasteiger partial charge in [0.25, 0.3) is 11.6 Å². The van der Waals surface area contributed by atoms with Gasteiger partial charge in [0.1, 0.15) is 0 Å². The largest absolute Gasteiger partial charge is 0.348 e. The number of nitrogens with two attached hydrogens (primary N) is 1. The van der Waals surface area contributed by atoms with Crippen molar-refractivity contribution in [3.05, 3.63) is 33.9 Å². The first kappa shape index (κ1) is 19.3. The number of sulfone groups is 1. The molecule has 0 saturated carbocycles. The zero-order valence-electron chi connectivity index (χ0n) is 11.4. The first-order chi connectivity index (χ1) is 9.15. The molecule has 0 radical (unpaired) electrons. The molecular weight excluding hydrogens is 322 g/mol. The van der Waals surface area contributed by atoms with Gasteiger partial charge in [-0.25, -0.2) is 8.42 Å². The Labute approximate surface area is 128 Å². The molecule has 0 aliphatic heterocycles. The lowest BCUT2D eigenvalue weighted by atomic mass is 10.1.